The van der Waals surface area contributed by atoms with Crippen molar-refractivity contribution < 1.29 is 9.59 Å². The molecule has 9 nitrogen and oxygen atoms in total. The first-order chi connectivity index (χ1) is 16.7. The minimum absolute atomic E-state index is 0.132. The van der Waals surface area contributed by atoms with Crippen molar-refractivity contribution in [2.45, 2.75) is 45.2 Å². The van der Waals surface area contributed by atoms with Crippen molar-refractivity contribution >= 4 is 63.3 Å². The van der Waals surface area contributed by atoms with Crippen LogP contribution in [0.3, 0.4) is 0 Å². The van der Waals surface area contributed by atoms with E-state index in [9.17, 15) is 9.59 Å². The fourth-order valence-corrected chi connectivity index (χ4v) is 5.14. The summed E-state index contributed by atoms with van der Waals surface area (Å²) in [4.78, 5) is 36.1. The highest BCUT2D eigenvalue weighted by molar-refractivity contribution is 7.80. The van der Waals surface area contributed by atoms with Gasteiger partial charge in [-0.1, -0.05) is 11.6 Å². The van der Waals surface area contributed by atoms with E-state index in [1.165, 1.54) is 0 Å². The summed E-state index contributed by atoms with van der Waals surface area (Å²) in [7, 11) is 0. The minimum atomic E-state index is -0.580. The number of rotatable bonds is 3. The standard InChI is InChI=1S/C24H32ClN7O2S/c1-15(2)27-24(35)32-8-4-3-5-18(22(32)33)29-23(34)31-11-9-30(10-12-31)20-14-21(26)28-19-13-16(25)6-7-17(19)20/h6-7,13-15,18H,3-5,8-12H2,1-2H3,(H2,26,28)(H,27,35)(H,29,34). The van der Waals surface area contributed by atoms with Crippen molar-refractivity contribution in [3.05, 3.63) is 29.3 Å². The van der Waals surface area contributed by atoms with Gasteiger partial charge in [-0.25, -0.2) is 9.78 Å². The molecule has 1 aromatic heterocycles. The number of pyridine rings is 1. The summed E-state index contributed by atoms with van der Waals surface area (Å²) in [6.07, 6.45) is 2.31. The van der Waals surface area contributed by atoms with Crippen LogP contribution in [0, 0.1) is 0 Å². The number of piperazine rings is 1. The first kappa shape index (κ1) is 25.2. The molecule has 1 atom stereocenters. The van der Waals surface area contributed by atoms with Crippen LogP contribution in [0.2, 0.25) is 5.02 Å². The third kappa shape index (κ3) is 5.87. The van der Waals surface area contributed by atoms with Crippen molar-refractivity contribution in [3.8, 4) is 0 Å². The maximum Gasteiger partial charge on any atom is 0.318 e. The first-order valence-electron chi connectivity index (χ1n) is 12.0. The van der Waals surface area contributed by atoms with E-state index in [-0.39, 0.29) is 18.0 Å². The van der Waals surface area contributed by atoms with E-state index < -0.39 is 6.04 Å². The molecule has 2 aliphatic rings. The third-order valence-corrected chi connectivity index (χ3v) is 6.89. The van der Waals surface area contributed by atoms with Gasteiger partial charge >= 0.3 is 6.03 Å². The molecule has 3 amide bonds. The van der Waals surface area contributed by atoms with Crippen molar-refractivity contribution in [1.82, 2.24) is 25.4 Å². The van der Waals surface area contributed by atoms with E-state index in [1.807, 2.05) is 32.0 Å². The van der Waals surface area contributed by atoms with Gasteiger partial charge in [-0.05, 0) is 63.5 Å². The first-order valence-corrected chi connectivity index (χ1v) is 12.8. The maximum absolute atomic E-state index is 13.1. The normalized spacial score (nSPS) is 19.1. The maximum atomic E-state index is 13.1. The molecule has 3 heterocycles. The fourth-order valence-electron chi connectivity index (χ4n) is 4.56. The minimum Gasteiger partial charge on any atom is -0.384 e. The Balaban J connectivity index is 1.39. The second kappa shape index (κ2) is 10.8. The van der Waals surface area contributed by atoms with E-state index in [0.29, 0.717) is 55.1 Å². The van der Waals surface area contributed by atoms with Gasteiger partial charge in [0.1, 0.15) is 11.9 Å². The van der Waals surface area contributed by atoms with Gasteiger partial charge in [0.05, 0.1) is 5.52 Å². The molecule has 0 spiro atoms. The molecule has 2 fully saturated rings. The smallest absolute Gasteiger partial charge is 0.318 e. The van der Waals surface area contributed by atoms with Crippen LogP contribution in [0.5, 0.6) is 0 Å². The largest absolute Gasteiger partial charge is 0.384 e. The number of nitrogen functional groups attached to an aromatic ring is 1. The van der Waals surface area contributed by atoms with Gasteiger partial charge in [0.25, 0.3) is 5.91 Å². The van der Waals surface area contributed by atoms with Crippen LogP contribution < -0.4 is 21.3 Å². The molecule has 1 unspecified atom stereocenters. The van der Waals surface area contributed by atoms with E-state index >= 15 is 0 Å². The highest BCUT2D eigenvalue weighted by atomic mass is 35.5. The van der Waals surface area contributed by atoms with Crippen molar-refractivity contribution in [3.63, 3.8) is 0 Å². The van der Waals surface area contributed by atoms with Crippen LogP contribution in [0.4, 0.5) is 16.3 Å². The SMILES string of the molecule is CC(C)NC(=S)N1CCCCC(NC(=O)N2CCN(c3cc(N)nc4cc(Cl)ccc34)CC2)C1=O. The monoisotopic (exact) mass is 517 g/mol. The number of thiocarbonyl (C=S) groups is 1. The second-order valence-electron chi connectivity index (χ2n) is 9.29. The number of benzene rings is 1. The van der Waals surface area contributed by atoms with Crippen LogP contribution in [0.1, 0.15) is 33.1 Å². The molecule has 4 rings (SSSR count). The number of hydrogen-bond donors (Lipinski definition) is 3. The molecule has 2 aromatic rings. The van der Waals surface area contributed by atoms with Gasteiger partial charge in [0.15, 0.2) is 5.11 Å². The zero-order valence-electron chi connectivity index (χ0n) is 20.1. The summed E-state index contributed by atoms with van der Waals surface area (Å²) in [5.41, 5.74) is 7.76. The molecule has 0 saturated carbocycles. The fraction of sp³-hybridized carbons (Fsp3) is 0.500. The predicted octanol–water partition coefficient (Wildman–Crippen LogP) is 2.97. The number of nitrogens with two attached hydrogens (primary N) is 1. The Bertz CT molecular complexity index is 1120. The summed E-state index contributed by atoms with van der Waals surface area (Å²) in [6.45, 7) is 6.86. The molecular weight excluding hydrogens is 486 g/mol. The van der Waals surface area contributed by atoms with E-state index in [2.05, 4.69) is 20.5 Å². The molecule has 35 heavy (non-hydrogen) atoms. The van der Waals surface area contributed by atoms with E-state index in [0.717, 1.165) is 29.4 Å². The number of likely N-dealkylation sites (tertiary alicyclic amines) is 1. The summed E-state index contributed by atoms with van der Waals surface area (Å²) in [5.74, 6) is 0.279. The Morgan fingerprint density at radius 1 is 1.17 bits per heavy atom. The lowest BCUT2D eigenvalue weighted by Gasteiger charge is -2.37. The number of urea groups is 1. The van der Waals surface area contributed by atoms with Crippen LogP contribution >= 0.6 is 23.8 Å². The lowest BCUT2D eigenvalue weighted by atomic mass is 10.1. The molecule has 1 aromatic carbocycles. The molecular formula is C24H32ClN7O2S. The number of carbonyl (C=O) groups excluding carboxylic acids is 2. The molecule has 0 bridgehead atoms. The summed E-state index contributed by atoms with van der Waals surface area (Å²) >= 11 is 11.6. The van der Waals surface area contributed by atoms with Gasteiger partial charge in [-0.15, -0.1) is 0 Å². The number of nitrogens with one attached hydrogen (secondary N) is 2. The summed E-state index contributed by atoms with van der Waals surface area (Å²) in [5, 5.41) is 8.09. The number of anilines is 2. The Labute approximate surface area is 215 Å². The van der Waals surface area contributed by atoms with Crippen LogP contribution in [-0.2, 0) is 4.79 Å². The third-order valence-electron chi connectivity index (χ3n) is 6.32. The quantitative estimate of drug-likeness (QED) is 0.537. The average molecular weight is 518 g/mol. The zero-order valence-corrected chi connectivity index (χ0v) is 21.7. The number of nitrogens with zero attached hydrogens (tertiary/aromatic N) is 4. The molecule has 11 heteroatoms. The van der Waals surface area contributed by atoms with E-state index in [1.54, 1.807) is 15.9 Å². The molecule has 4 N–H and O–H groups in total. The lowest BCUT2D eigenvalue weighted by molar-refractivity contribution is -0.128. The summed E-state index contributed by atoms with van der Waals surface area (Å²) < 4.78 is 0. The van der Waals surface area contributed by atoms with Crippen LogP contribution in [0.25, 0.3) is 10.9 Å². The van der Waals surface area contributed by atoms with Crippen LogP contribution in [-0.4, -0.2) is 76.6 Å². The molecule has 188 valence electrons. The van der Waals surface area contributed by atoms with Gasteiger partial charge in [-0.2, -0.15) is 0 Å². The molecule has 2 saturated heterocycles. The number of aromatic nitrogens is 1. The van der Waals surface area contributed by atoms with Gasteiger partial charge < -0.3 is 26.2 Å². The topological polar surface area (TPSA) is 107 Å². The van der Waals surface area contributed by atoms with Crippen molar-refractivity contribution in [2.24, 2.45) is 0 Å². The Morgan fingerprint density at radius 3 is 2.63 bits per heavy atom. The van der Waals surface area contributed by atoms with Gasteiger partial charge in [0.2, 0.25) is 0 Å². The van der Waals surface area contributed by atoms with Crippen LogP contribution in [0.15, 0.2) is 24.3 Å². The summed E-state index contributed by atoms with van der Waals surface area (Å²) in [6, 6.07) is 6.77. The number of amides is 3. The highest BCUT2D eigenvalue weighted by Crippen LogP contribution is 2.30. The highest BCUT2D eigenvalue weighted by Gasteiger charge is 2.32. The zero-order chi connectivity index (χ0) is 25.1. The second-order valence-corrected chi connectivity index (χ2v) is 10.1. The molecule has 0 aliphatic carbocycles. The van der Waals surface area contributed by atoms with Crippen molar-refractivity contribution in [1.29, 1.82) is 0 Å². The number of hydrogen-bond acceptors (Lipinski definition) is 6. The average Bonchev–Trinajstić information content (AvgIpc) is 2.99. The number of halogens is 1. The van der Waals surface area contributed by atoms with Crippen molar-refractivity contribution in [2.75, 3.05) is 43.4 Å². The van der Waals surface area contributed by atoms with E-state index in [4.69, 9.17) is 29.6 Å². The predicted molar refractivity (Wildman–Crippen MR) is 144 cm³/mol. The Hall–Kier alpha value is -2.85. The number of fused-ring (bicyclic) bond motifs is 1. The lowest BCUT2D eigenvalue weighted by Crippen LogP contribution is -2.57. The Kier molecular flexibility index (Phi) is 7.81. The molecule has 2 aliphatic heterocycles. The number of carbonyl (C=O) groups is 2. The van der Waals surface area contributed by atoms with Gasteiger partial charge in [0, 0.05) is 60.9 Å². The molecule has 0 radical (unpaired) electrons. The van der Waals surface area contributed by atoms with Gasteiger partial charge in [-0.3, -0.25) is 9.69 Å². The Morgan fingerprint density at radius 2 is 1.91 bits per heavy atom.